The van der Waals surface area contributed by atoms with Crippen molar-refractivity contribution in [3.05, 3.63) is 65.2 Å². The van der Waals surface area contributed by atoms with Gasteiger partial charge in [0.1, 0.15) is 5.75 Å². The highest BCUT2D eigenvalue weighted by atomic mass is 16.5. The molecule has 2 aliphatic heterocycles. The van der Waals surface area contributed by atoms with Gasteiger partial charge in [-0.15, -0.1) is 0 Å². The SMILES string of the molecule is CCC1(CC)CC(=O)N([C@@H](CC(C)C)c2cccc(C(=O)N[C@H]3CCOc4ccccc43)c2)C(=N)N1. The molecule has 0 aromatic heterocycles. The Kier molecular flexibility index (Phi) is 7.67. The molecule has 0 spiro atoms. The number of nitrogens with zero attached hydrogens (tertiary/aromatic N) is 1. The van der Waals surface area contributed by atoms with Gasteiger partial charge in [-0.3, -0.25) is 19.9 Å². The van der Waals surface area contributed by atoms with Gasteiger partial charge >= 0.3 is 0 Å². The van der Waals surface area contributed by atoms with E-state index in [-0.39, 0.29) is 35.4 Å². The smallest absolute Gasteiger partial charge is 0.251 e. The second-order valence-corrected chi connectivity index (χ2v) is 10.4. The summed E-state index contributed by atoms with van der Waals surface area (Å²) in [5.41, 5.74) is 2.03. The van der Waals surface area contributed by atoms with E-state index in [2.05, 4.69) is 38.3 Å². The molecule has 192 valence electrons. The van der Waals surface area contributed by atoms with E-state index in [1.165, 1.54) is 0 Å². The highest BCUT2D eigenvalue weighted by Gasteiger charge is 2.42. The van der Waals surface area contributed by atoms with Crippen molar-refractivity contribution < 1.29 is 14.3 Å². The molecule has 4 rings (SSSR count). The van der Waals surface area contributed by atoms with Crippen LogP contribution in [0.1, 0.15) is 93.4 Å². The van der Waals surface area contributed by atoms with E-state index in [9.17, 15) is 9.59 Å². The Balaban J connectivity index is 1.59. The Hall–Kier alpha value is -3.35. The van der Waals surface area contributed by atoms with Crippen molar-refractivity contribution in [2.45, 2.75) is 77.4 Å². The van der Waals surface area contributed by atoms with Crippen LogP contribution in [0.3, 0.4) is 0 Å². The number of hydrogen-bond acceptors (Lipinski definition) is 4. The third-order valence-corrected chi connectivity index (χ3v) is 7.54. The molecule has 7 heteroatoms. The number of benzene rings is 2. The van der Waals surface area contributed by atoms with Gasteiger partial charge in [0, 0.05) is 23.1 Å². The number of amides is 2. The monoisotopic (exact) mass is 490 g/mol. The highest BCUT2D eigenvalue weighted by Crippen LogP contribution is 2.35. The van der Waals surface area contributed by atoms with E-state index in [0.717, 1.165) is 29.7 Å². The van der Waals surface area contributed by atoms with Crippen molar-refractivity contribution in [3.8, 4) is 5.75 Å². The number of carbonyl (C=O) groups excluding carboxylic acids is 2. The van der Waals surface area contributed by atoms with Gasteiger partial charge in [-0.25, -0.2) is 0 Å². The van der Waals surface area contributed by atoms with Crippen LogP contribution in [0.5, 0.6) is 5.75 Å². The minimum atomic E-state index is -0.366. The number of ether oxygens (including phenoxy) is 1. The molecule has 1 fully saturated rings. The number of hydrogen-bond donors (Lipinski definition) is 3. The van der Waals surface area contributed by atoms with E-state index in [4.69, 9.17) is 10.1 Å². The van der Waals surface area contributed by atoms with Gasteiger partial charge in [-0.1, -0.05) is 58.0 Å². The zero-order chi connectivity index (χ0) is 25.9. The molecule has 3 N–H and O–H groups in total. The molecule has 2 atom stereocenters. The summed E-state index contributed by atoms with van der Waals surface area (Å²) in [6, 6.07) is 14.9. The number of para-hydroxylation sites is 1. The van der Waals surface area contributed by atoms with Crippen molar-refractivity contribution in [2.24, 2.45) is 5.92 Å². The molecule has 7 nitrogen and oxygen atoms in total. The van der Waals surface area contributed by atoms with Crippen molar-refractivity contribution >= 4 is 17.8 Å². The Bertz CT molecular complexity index is 1110. The lowest BCUT2D eigenvalue weighted by atomic mass is 9.85. The summed E-state index contributed by atoms with van der Waals surface area (Å²) in [7, 11) is 0. The van der Waals surface area contributed by atoms with Crippen molar-refractivity contribution in [2.75, 3.05) is 6.61 Å². The number of rotatable bonds is 8. The molecule has 36 heavy (non-hydrogen) atoms. The summed E-state index contributed by atoms with van der Waals surface area (Å²) < 4.78 is 5.73. The second kappa shape index (κ2) is 10.7. The lowest BCUT2D eigenvalue weighted by Gasteiger charge is -2.45. The Morgan fingerprint density at radius 2 is 1.94 bits per heavy atom. The van der Waals surface area contributed by atoms with Gasteiger partial charge in [-0.05, 0) is 48.9 Å². The molecule has 0 unspecified atom stereocenters. The standard InChI is InChI=1S/C29H38N4O3/c1-5-29(6-2)18-26(34)33(28(30)32-29)24(16-19(3)4)20-10-9-11-21(17-20)27(35)31-23-14-15-36-25-13-8-7-12-22(23)25/h7-13,17,19,23-24H,5-6,14-16,18H2,1-4H3,(H2,30,32)(H,31,35)/t23-,24-/m0/s1. The predicted octanol–water partition coefficient (Wildman–Crippen LogP) is 5.34. The van der Waals surface area contributed by atoms with Gasteiger partial charge < -0.3 is 15.4 Å². The fourth-order valence-electron chi connectivity index (χ4n) is 5.32. The van der Waals surface area contributed by atoms with Gasteiger partial charge in [0.2, 0.25) is 5.91 Å². The van der Waals surface area contributed by atoms with Crippen LogP contribution in [-0.4, -0.2) is 34.8 Å². The molecule has 2 heterocycles. The van der Waals surface area contributed by atoms with Gasteiger partial charge in [-0.2, -0.15) is 0 Å². The summed E-state index contributed by atoms with van der Waals surface area (Å²) in [6.45, 7) is 8.89. The molecule has 2 amide bonds. The minimum Gasteiger partial charge on any atom is -0.493 e. The van der Waals surface area contributed by atoms with E-state index in [1.807, 2.05) is 42.5 Å². The average molecular weight is 491 g/mol. The Labute approximate surface area is 214 Å². The van der Waals surface area contributed by atoms with Crippen molar-refractivity contribution in [3.63, 3.8) is 0 Å². The summed E-state index contributed by atoms with van der Waals surface area (Å²) >= 11 is 0. The van der Waals surface area contributed by atoms with Crippen molar-refractivity contribution in [1.29, 1.82) is 5.41 Å². The molecule has 1 saturated heterocycles. The lowest BCUT2D eigenvalue weighted by Crippen LogP contribution is -2.62. The van der Waals surface area contributed by atoms with Crippen LogP contribution < -0.4 is 15.4 Å². The third kappa shape index (κ3) is 5.25. The summed E-state index contributed by atoms with van der Waals surface area (Å²) in [4.78, 5) is 28.3. The van der Waals surface area contributed by atoms with Gasteiger partial charge in [0.25, 0.3) is 5.91 Å². The van der Waals surface area contributed by atoms with Gasteiger partial charge in [0.15, 0.2) is 5.96 Å². The highest BCUT2D eigenvalue weighted by molar-refractivity contribution is 6.00. The van der Waals surface area contributed by atoms with Crippen LogP contribution in [0.2, 0.25) is 0 Å². The molecular weight excluding hydrogens is 452 g/mol. The summed E-state index contributed by atoms with van der Waals surface area (Å²) in [5, 5.41) is 15.2. The number of guanidine groups is 1. The fourth-order valence-corrected chi connectivity index (χ4v) is 5.32. The Morgan fingerprint density at radius 1 is 1.19 bits per heavy atom. The third-order valence-electron chi connectivity index (χ3n) is 7.54. The quantitative estimate of drug-likeness (QED) is 0.465. The first-order valence-corrected chi connectivity index (χ1v) is 13.1. The molecule has 0 aliphatic carbocycles. The van der Waals surface area contributed by atoms with Gasteiger partial charge in [0.05, 0.1) is 25.1 Å². The molecule has 2 aromatic rings. The first-order chi connectivity index (χ1) is 17.3. The zero-order valence-electron chi connectivity index (χ0n) is 21.8. The molecule has 0 bridgehead atoms. The second-order valence-electron chi connectivity index (χ2n) is 10.4. The van der Waals surface area contributed by atoms with E-state index >= 15 is 0 Å². The normalized spacial score (nSPS) is 19.8. The van der Waals surface area contributed by atoms with Crippen molar-refractivity contribution in [1.82, 2.24) is 15.5 Å². The van der Waals surface area contributed by atoms with Crippen LogP contribution in [0.15, 0.2) is 48.5 Å². The molecule has 0 radical (unpaired) electrons. The molecule has 2 aliphatic rings. The van der Waals surface area contributed by atoms with Crippen LogP contribution in [0, 0.1) is 11.3 Å². The first-order valence-electron chi connectivity index (χ1n) is 13.1. The van der Waals surface area contributed by atoms with Crippen LogP contribution >= 0.6 is 0 Å². The van der Waals surface area contributed by atoms with Crippen LogP contribution in [0.4, 0.5) is 0 Å². The van der Waals surface area contributed by atoms with E-state index in [1.54, 1.807) is 11.0 Å². The van der Waals surface area contributed by atoms with Crippen LogP contribution in [-0.2, 0) is 4.79 Å². The minimum absolute atomic E-state index is 0.0400. The lowest BCUT2D eigenvalue weighted by molar-refractivity contribution is -0.133. The summed E-state index contributed by atoms with van der Waals surface area (Å²) in [5.74, 6) is 1.06. The van der Waals surface area contributed by atoms with E-state index in [0.29, 0.717) is 37.4 Å². The largest absolute Gasteiger partial charge is 0.493 e. The fraction of sp³-hybridized carbons (Fsp3) is 0.483. The first kappa shape index (κ1) is 25.7. The maximum absolute atomic E-state index is 13.4. The molecule has 0 saturated carbocycles. The average Bonchev–Trinajstić information content (AvgIpc) is 2.87. The predicted molar refractivity (Wildman–Crippen MR) is 141 cm³/mol. The summed E-state index contributed by atoms with van der Waals surface area (Å²) in [6.07, 6.45) is 3.33. The maximum Gasteiger partial charge on any atom is 0.251 e. The number of nitrogens with one attached hydrogen (secondary N) is 3. The number of carbonyl (C=O) groups is 2. The van der Waals surface area contributed by atoms with Crippen LogP contribution in [0.25, 0.3) is 0 Å². The number of fused-ring (bicyclic) bond motifs is 1. The topological polar surface area (TPSA) is 94.5 Å². The Morgan fingerprint density at radius 3 is 2.64 bits per heavy atom. The zero-order valence-corrected chi connectivity index (χ0v) is 21.8. The van der Waals surface area contributed by atoms with E-state index < -0.39 is 0 Å². The molecular formula is C29H38N4O3. The molecule has 2 aromatic carbocycles. The maximum atomic E-state index is 13.4.